The van der Waals surface area contributed by atoms with Crippen molar-refractivity contribution in [1.82, 2.24) is 0 Å². The molecule has 22 heavy (non-hydrogen) atoms. The van der Waals surface area contributed by atoms with Crippen LogP contribution in [0, 0.1) is 0 Å². The van der Waals surface area contributed by atoms with E-state index in [1.807, 2.05) is 0 Å². The van der Waals surface area contributed by atoms with Crippen molar-refractivity contribution in [2.45, 2.75) is 19.0 Å². The van der Waals surface area contributed by atoms with E-state index < -0.39 is 25.9 Å². The van der Waals surface area contributed by atoms with Gasteiger partial charge < -0.3 is 19.6 Å². The quantitative estimate of drug-likeness (QED) is 0.452. The first-order valence-corrected chi connectivity index (χ1v) is 8.49. The van der Waals surface area contributed by atoms with Gasteiger partial charge in [-0.05, 0) is 24.1 Å². The van der Waals surface area contributed by atoms with Gasteiger partial charge in [0, 0.05) is 18.7 Å². The van der Waals surface area contributed by atoms with Crippen LogP contribution < -0.4 is 10.6 Å². The summed E-state index contributed by atoms with van der Waals surface area (Å²) in [5.41, 5.74) is 0.620. The van der Waals surface area contributed by atoms with Gasteiger partial charge >= 0.3 is 11.9 Å². The highest BCUT2D eigenvalue weighted by Crippen LogP contribution is 2.45. The summed E-state index contributed by atoms with van der Waals surface area (Å²) in [7, 11) is -3.41. The second kappa shape index (κ2) is 8.53. The van der Waals surface area contributed by atoms with Gasteiger partial charge in [-0.25, -0.2) is 4.79 Å². The average Bonchev–Trinajstić information content (AvgIpc) is 2.45. The first-order chi connectivity index (χ1) is 10.3. The molecule has 0 radical (unpaired) electrons. The van der Waals surface area contributed by atoms with Gasteiger partial charge in [-0.1, -0.05) is 12.1 Å². The SMILES string of the molecule is NOC(=O)CCCP(=O)(O)Cc1ccc(OCC(=O)O)cc1. The number of carbonyl (C=O) groups excluding carboxylic acids is 1. The molecule has 1 aromatic rings. The van der Waals surface area contributed by atoms with Gasteiger partial charge in [0.05, 0.1) is 0 Å². The lowest BCUT2D eigenvalue weighted by Crippen LogP contribution is -2.10. The predicted octanol–water partition coefficient (Wildman–Crippen LogP) is 1.12. The van der Waals surface area contributed by atoms with Gasteiger partial charge in [-0.2, -0.15) is 5.90 Å². The number of rotatable bonds is 9. The number of benzene rings is 1. The Morgan fingerprint density at radius 1 is 1.23 bits per heavy atom. The van der Waals surface area contributed by atoms with E-state index in [0.717, 1.165) is 0 Å². The second-order valence-electron chi connectivity index (χ2n) is 4.65. The molecule has 1 unspecified atom stereocenters. The molecule has 1 aromatic carbocycles. The minimum Gasteiger partial charge on any atom is -0.482 e. The Labute approximate surface area is 127 Å². The molecule has 8 nitrogen and oxygen atoms in total. The summed E-state index contributed by atoms with van der Waals surface area (Å²) in [6.07, 6.45) is 0.149. The van der Waals surface area contributed by atoms with Crippen molar-refractivity contribution in [3.63, 3.8) is 0 Å². The number of hydrogen-bond acceptors (Lipinski definition) is 6. The molecule has 0 amide bonds. The number of nitrogens with two attached hydrogens (primary N) is 1. The zero-order valence-electron chi connectivity index (χ0n) is 11.8. The topological polar surface area (TPSA) is 136 Å². The highest BCUT2D eigenvalue weighted by molar-refractivity contribution is 7.57. The van der Waals surface area contributed by atoms with Crippen molar-refractivity contribution in [3.05, 3.63) is 29.8 Å². The van der Waals surface area contributed by atoms with Crippen LogP contribution in [0.2, 0.25) is 0 Å². The van der Waals surface area contributed by atoms with Crippen molar-refractivity contribution in [1.29, 1.82) is 0 Å². The van der Waals surface area contributed by atoms with Crippen LogP contribution in [0.3, 0.4) is 0 Å². The van der Waals surface area contributed by atoms with Crippen LogP contribution in [-0.4, -0.2) is 34.7 Å². The van der Waals surface area contributed by atoms with E-state index in [1.165, 1.54) is 12.1 Å². The average molecular weight is 331 g/mol. The predicted molar refractivity (Wildman–Crippen MR) is 77.5 cm³/mol. The number of carbonyl (C=O) groups is 2. The van der Waals surface area contributed by atoms with Crippen molar-refractivity contribution in [2.75, 3.05) is 12.8 Å². The van der Waals surface area contributed by atoms with Crippen LogP contribution in [0.15, 0.2) is 24.3 Å². The van der Waals surface area contributed by atoms with Crippen molar-refractivity contribution in [2.24, 2.45) is 5.90 Å². The molecule has 0 aliphatic carbocycles. The number of carboxylic acids is 1. The molecule has 1 atom stereocenters. The number of carboxylic acid groups (broad SMARTS) is 1. The van der Waals surface area contributed by atoms with Crippen LogP contribution in [0.4, 0.5) is 0 Å². The van der Waals surface area contributed by atoms with E-state index in [1.54, 1.807) is 12.1 Å². The van der Waals surface area contributed by atoms with Gasteiger partial charge in [-0.3, -0.25) is 9.36 Å². The fraction of sp³-hybridized carbons (Fsp3) is 0.385. The zero-order chi connectivity index (χ0) is 16.6. The van der Waals surface area contributed by atoms with Gasteiger partial charge in [-0.15, -0.1) is 0 Å². The Morgan fingerprint density at radius 2 is 1.86 bits per heavy atom. The molecule has 0 saturated heterocycles. The van der Waals surface area contributed by atoms with E-state index >= 15 is 0 Å². The molecule has 0 aliphatic heterocycles. The molecule has 0 spiro atoms. The standard InChI is InChI=1S/C13H18NO7P/c14-21-13(17)2-1-7-22(18,19)9-10-3-5-11(6-4-10)20-8-12(15)16/h3-6H,1-2,7-9,14H2,(H,15,16)(H,18,19). The molecular weight excluding hydrogens is 313 g/mol. The lowest BCUT2D eigenvalue weighted by molar-refractivity contribution is -0.144. The smallest absolute Gasteiger partial charge is 0.341 e. The molecule has 0 aromatic heterocycles. The van der Waals surface area contributed by atoms with Gasteiger partial charge in [0.15, 0.2) is 6.61 Å². The first kappa shape index (κ1) is 18.2. The Hall–Kier alpha value is -1.89. The summed E-state index contributed by atoms with van der Waals surface area (Å²) in [5.74, 6) is 3.33. The third kappa shape index (κ3) is 7.21. The summed E-state index contributed by atoms with van der Waals surface area (Å²) < 4.78 is 17.0. The van der Waals surface area contributed by atoms with Gasteiger partial charge in [0.2, 0.25) is 7.37 Å². The minimum absolute atomic E-state index is 0.0109. The molecule has 0 saturated carbocycles. The van der Waals surface area contributed by atoms with Crippen LogP contribution in [0.1, 0.15) is 18.4 Å². The second-order valence-corrected chi connectivity index (χ2v) is 7.10. The Balaban J connectivity index is 2.49. The van der Waals surface area contributed by atoms with E-state index in [2.05, 4.69) is 10.7 Å². The third-order valence-corrected chi connectivity index (χ3v) is 4.61. The fourth-order valence-corrected chi connectivity index (χ4v) is 3.32. The molecule has 122 valence electrons. The van der Waals surface area contributed by atoms with Crippen LogP contribution >= 0.6 is 7.37 Å². The number of aliphatic carboxylic acids is 1. The molecular formula is C13H18NO7P. The van der Waals surface area contributed by atoms with Crippen molar-refractivity contribution < 1.29 is 33.7 Å². The molecule has 0 heterocycles. The zero-order valence-corrected chi connectivity index (χ0v) is 12.7. The molecule has 0 fully saturated rings. The maximum Gasteiger partial charge on any atom is 0.341 e. The maximum atomic E-state index is 12.0. The largest absolute Gasteiger partial charge is 0.482 e. The third-order valence-electron chi connectivity index (χ3n) is 2.74. The Bertz CT molecular complexity index is 558. The lowest BCUT2D eigenvalue weighted by atomic mass is 10.2. The van der Waals surface area contributed by atoms with Crippen LogP contribution in [-0.2, 0) is 25.2 Å². The lowest BCUT2D eigenvalue weighted by Gasteiger charge is -2.11. The summed E-state index contributed by atoms with van der Waals surface area (Å²) in [5, 5.41) is 8.49. The molecule has 9 heteroatoms. The number of ether oxygens (including phenoxy) is 1. The van der Waals surface area contributed by atoms with Gasteiger partial charge in [0.1, 0.15) is 5.75 Å². The van der Waals surface area contributed by atoms with Gasteiger partial charge in [0.25, 0.3) is 0 Å². The normalized spacial score (nSPS) is 13.2. The van der Waals surface area contributed by atoms with Crippen molar-refractivity contribution in [3.8, 4) is 5.75 Å². The van der Waals surface area contributed by atoms with Crippen LogP contribution in [0.5, 0.6) is 5.75 Å². The van der Waals surface area contributed by atoms with E-state index in [-0.39, 0.29) is 25.2 Å². The molecule has 4 N–H and O–H groups in total. The van der Waals surface area contributed by atoms with E-state index in [4.69, 9.17) is 9.84 Å². The number of hydrogen-bond donors (Lipinski definition) is 3. The Kier molecular flexibility index (Phi) is 7.04. The summed E-state index contributed by atoms with van der Waals surface area (Å²) >= 11 is 0. The van der Waals surface area contributed by atoms with E-state index in [0.29, 0.717) is 11.3 Å². The summed E-state index contributed by atoms with van der Waals surface area (Å²) in [6.45, 7) is -0.449. The molecule has 0 aliphatic rings. The monoisotopic (exact) mass is 331 g/mol. The first-order valence-electron chi connectivity index (χ1n) is 6.46. The fourth-order valence-electron chi connectivity index (χ4n) is 1.73. The minimum atomic E-state index is -3.41. The molecule has 1 rings (SSSR count). The van der Waals surface area contributed by atoms with E-state index in [9.17, 15) is 19.0 Å². The maximum absolute atomic E-state index is 12.0. The summed E-state index contributed by atoms with van der Waals surface area (Å²) in [4.78, 5) is 35.0. The highest BCUT2D eigenvalue weighted by Gasteiger charge is 2.19. The van der Waals surface area contributed by atoms with Crippen molar-refractivity contribution >= 4 is 19.3 Å². The van der Waals surface area contributed by atoms with Crippen LogP contribution in [0.25, 0.3) is 0 Å². The summed E-state index contributed by atoms with van der Waals surface area (Å²) in [6, 6.07) is 6.25. The Morgan fingerprint density at radius 3 is 2.41 bits per heavy atom. The highest BCUT2D eigenvalue weighted by atomic mass is 31.2. The molecule has 0 bridgehead atoms.